The number of ether oxygens (including phenoxy) is 2. The predicted octanol–water partition coefficient (Wildman–Crippen LogP) is 3.27. The lowest BCUT2D eigenvalue weighted by molar-refractivity contribution is -0.153. The highest BCUT2D eigenvalue weighted by atomic mass is 127. The van der Waals surface area contributed by atoms with Crippen molar-refractivity contribution in [3.63, 3.8) is 0 Å². The molecule has 0 spiro atoms. The summed E-state index contributed by atoms with van der Waals surface area (Å²) in [4.78, 5) is 26.1. The highest BCUT2D eigenvalue weighted by Crippen LogP contribution is 2.35. The molecule has 0 saturated carbocycles. The topological polar surface area (TPSA) is 55.8 Å². The van der Waals surface area contributed by atoms with Crippen LogP contribution >= 0.6 is 22.6 Å². The van der Waals surface area contributed by atoms with Crippen molar-refractivity contribution in [3.8, 4) is 0 Å². The molecule has 114 valence electrons. The number of carbonyl (C=O) groups is 2. The van der Waals surface area contributed by atoms with Crippen LogP contribution in [0.25, 0.3) is 0 Å². The number of nitrogens with zero attached hydrogens (tertiary/aromatic N) is 1. The van der Waals surface area contributed by atoms with Gasteiger partial charge in [0.1, 0.15) is 11.1 Å². The van der Waals surface area contributed by atoms with E-state index in [0.717, 1.165) is 6.42 Å². The van der Waals surface area contributed by atoms with E-state index >= 15 is 0 Å². The number of rotatable bonds is 3. The Balaban J connectivity index is 3.02. The zero-order chi connectivity index (χ0) is 15.4. The highest BCUT2D eigenvalue weighted by Gasteiger charge is 2.51. The van der Waals surface area contributed by atoms with E-state index in [9.17, 15) is 9.59 Å². The van der Waals surface area contributed by atoms with Crippen LogP contribution in [0.3, 0.4) is 0 Å². The quantitative estimate of drug-likeness (QED) is 0.544. The minimum absolute atomic E-state index is 0.379. The number of esters is 1. The van der Waals surface area contributed by atoms with Gasteiger partial charge >= 0.3 is 12.1 Å². The van der Waals surface area contributed by atoms with Crippen LogP contribution in [0.4, 0.5) is 4.79 Å². The van der Waals surface area contributed by atoms with Gasteiger partial charge in [-0.05, 0) is 37.7 Å². The summed E-state index contributed by atoms with van der Waals surface area (Å²) in [7, 11) is 1.35. The monoisotopic (exact) mass is 395 g/mol. The second-order valence-electron chi connectivity index (χ2n) is 5.82. The fourth-order valence-corrected chi connectivity index (χ4v) is 2.65. The molecule has 1 atom stereocenters. The molecule has 0 N–H and O–H groups in total. The third kappa shape index (κ3) is 3.86. The Bertz CT molecular complexity index is 402. The fraction of sp³-hybridized carbons (Fsp3) is 0.714. The van der Waals surface area contributed by atoms with Crippen molar-refractivity contribution in [2.75, 3.05) is 13.7 Å². The van der Waals surface area contributed by atoms with E-state index in [2.05, 4.69) is 22.6 Å². The van der Waals surface area contributed by atoms with Crippen LogP contribution in [0.5, 0.6) is 0 Å². The van der Waals surface area contributed by atoms with Crippen LogP contribution < -0.4 is 0 Å². The van der Waals surface area contributed by atoms with Crippen molar-refractivity contribution >= 4 is 34.7 Å². The van der Waals surface area contributed by atoms with Crippen molar-refractivity contribution in [2.45, 2.75) is 51.2 Å². The van der Waals surface area contributed by atoms with Gasteiger partial charge in [0.15, 0.2) is 0 Å². The summed E-state index contributed by atoms with van der Waals surface area (Å²) >= 11 is 2.10. The summed E-state index contributed by atoms with van der Waals surface area (Å²) in [6.07, 6.45) is 3.23. The smallest absolute Gasteiger partial charge is 0.411 e. The van der Waals surface area contributed by atoms with Crippen molar-refractivity contribution in [1.29, 1.82) is 0 Å². The molecule has 0 aromatic rings. The van der Waals surface area contributed by atoms with E-state index in [1.54, 1.807) is 0 Å². The molecule has 0 aromatic heterocycles. The number of likely N-dealkylation sites (tertiary alicyclic amines) is 1. The third-order valence-corrected chi connectivity index (χ3v) is 3.72. The summed E-state index contributed by atoms with van der Waals surface area (Å²) in [6.45, 7) is 5.95. The van der Waals surface area contributed by atoms with Gasteiger partial charge in [-0.1, -0.05) is 28.7 Å². The zero-order valence-electron chi connectivity index (χ0n) is 12.4. The van der Waals surface area contributed by atoms with Gasteiger partial charge in [0.2, 0.25) is 0 Å². The maximum absolute atomic E-state index is 12.3. The molecular formula is C14H22INO4. The van der Waals surface area contributed by atoms with E-state index in [1.807, 2.05) is 30.9 Å². The number of hydrogen-bond donors (Lipinski definition) is 0. The first-order chi connectivity index (χ1) is 9.27. The van der Waals surface area contributed by atoms with Crippen LogP contribution in [-0.2, 0) is 14.3 Å². The SMILES string of the molecule is COC(=O)[C@@]1(C/C=C\I)CCCN1C(=O)OC(C)(C)C. The summed E-state index contributed by atoms with van der Waals surface area (Å²) in [6, 6.07) is 0. The lowest BCUT2D eigenvalue weighted by Crippen LogP contribution is -2.54. The number of amides is 1. The molecule has 1 amide bonds. The van der Waals surface area contributed by atoms with E-state index in [-0.39, 0.29) is 5.97 Å². The molecule has 1 aliphatic heterocycles. The fourth-order valence-electron chi connectivity index (χ4n) is 2.40. The molecule has 0 unspecified atom stereocenters. The van der Waals surface area contributed by atoms with Gasteiger partial charge in [-0.15, -0.1) is 0 Å². The van der Waals surface area contributed by atoms with Crippen LogP contribution in [-0.4, -0.2) is 41.8 Å². The Morgan fingerprint density at radius 1 is 1.40 bits per heavy atom. The van der Waals surface area contributed by atoms with Crippen LogP contribution in [0, 0.1) is 0 Å². The van der Waals surface area contributed by atoms with Gasteiger partial charge in [-0.25, -0.2) is 9.59 Å². The number of halogens is 1. The zero-order valence-corrected chi connectivity index (χ0v) is 14.6. The van der Waals surface area contributed by atoms with Gasteiger partial charge in [0.05, 0.1) is 7.11 Å². The average Bonchev–Trinajstić information content (AvgIpc) is 2.78. The minimum atomic E-state index is -0.932. The third-order valence-electron chi connectivity index (χ3n) is 3.21. The Labute approximate surface area is 133 Å². The maximum atomic E-state index is 12.3. The molecule has 0 aliphatic carbocycles. The highest BCUT2D eigenvalue weighted by molar-refractivity contribution is 14.1. The summed E-state index contributed by atoms with van der Waals surface area (Å²) in [5.74, 6) is -0.379. The van der Waals surface area contributed by atoms with Crippen molar-refractivity contribution in [1.82, 2.24) is 4.90 Å². The van der Waals surface area contributed by atoms with E-state index < -0.39 is 17.2 Å². The lowest BCUT2D eigenvalue weighted by atomic mass is 9.92. The van der Waals surface area contributed by atoms with Crippen molar-refractivity contribution in [3.05, 3.63) is 10.2 Å². The second kappa shape index (κ2) is 6.78. The van der Waals surface area contributed by atoms with Crippen LogP contribution in [0.1, 0.15) is 40.0 Å². The van der Waals surface area contributed by atoms with Crippen LogP contribution in [0.2, 0.25) is 0 Å². The maximum Gasteiger partial charge on any atom is 0.411 e. The molecule has 0 aromatic carbocycles. The molecule has 1 fully saturated rings. The molecule has 20 heavy (non-hydrogen) atoms. The first-order valence-electron chi connectivity index (χ1n) is 6.61. The molecule has 6 heteroatoms. The summed E-state index contributed by atoms with van der Waals surface area (Å²) in [5.41, 5.74) is -1.51. The largest absolute Gasteiger partial charge is 0.467 e. The average molecular weight is 395 g/mol. The Morgan fingerprint density at radius 3 is 2.55 bits per heavy atom. The molecule has 5 nitrogen and oxygen atoms in total. The molecule has 1 aliphatic rings. The Kier molecular flexibility index (Phi) is 5.85. The van der Waals surface area contributed by atoms with Crippen LogP contribution in [0.15, 0.2) is 10.2 Å². The lowest BCUT2D eigenvalue weighted by Gasteiger charge is -2.36. The van der Waals surface area contributed by atoms with Gasteiger partial charge in [-0.3, -0.25) is 4.90 Å². The molecule has 1 heterocycles. The van der Waals surface area contributed by atoms with Gasteiger partial charge in [0, 0.05) is 13.0 Å². The van der Waals surface area contributed by atoms with Gasteiger partial charge < -0.3 is 9.47 Å². The molecule has 1 saturated heterocycles. The summed E-state index contributed by atoms with van der Waals surface area (Å²) in [5, 5.41) is 0. The van der Waals surface area contributed by atoms with E-state index in [4.69, 9.17) is 9.47 Å². The molecule has 1 rings (SSSR count). The second-order valence-corrected chi connectivity index (χ2v) is 6.54. The standard InChI is InChI=1S/C14H22INO4/c1-13(2,3)20-12(18)16-10-6-8-14(16,7-5-9-15)11(17)19-4/h5,9H,6-8,10H2,1-4H3/b9-5-/t14-/m1/s1. The number of hydrogen-bond acceptors (Lipinski definition) is 4. The van der Waals surface area contributed by atoms with E-state index in [0.29, 0.717) is 19.4 Å². The van der Waals surface area contributed by atoms with Gasteiger partial charge in [-0.2, -0.15) is 0 Å². The van der Waals surface area contributed by atoms with Gasteiger partial charge in [0.25, 0.3) is 0 Å². The Morgan fingerprint density at radius 2 is 2.05 bits per heavy atom. The number of carbonyl (C=O) groups excluding carboxylic acids is 2. The Hall–Kier alpha value is -0.790. The summed E-state index contributed by atoms with van der Waals surface area (Å²) < 4.78 is 12.2. The first-order valence-corrected chi connectivity index (χ1v) is 7.85. The number of methoxy groups -OCH3 is 1. The van der Waals surface area contributed by atoms with Crippen molar-refractivity contribution in [2.24, 2.45) is 0 Å². The predicted molar refractivity (Wildman–Crippen MR) is 84.7 cm³/mol. The minimum Gasteiger partial charge on any atom is -0.467 e. The molecular weight excluding hydrogens is 373 g/mol. The first kappa shape index (κ1) is 17.3. The normalized spacial score (nSPS) is 23.1. The molecule has 0 bridgehead atoms. The van der Waals surface area contributed by atoms with E-state index in [1.165, 1.54) is 12.0 Å². The van der Waals surface area contributed by atoms with Crippen molar-refractivity contribution < 1.29 is 19.1 Å². The molecule has 0 radical (unpaired) electrons.